The molecule has 3 heterocycles. The second-order valence-electron chi connectivity index (χ2n) is 12.5. The lowest BCUT2D eigenvalue weighted by Gasteiger charge is -2.74. The average Bonchev–Trinajstić information content (AvgIpc) is 3.38. The van der Waals surface area contributed by atoms with Crippen LogP contribution in [-0.2, 0) is 27.9 Å². The SMILES string of the molecule is COC12CC[C@@]3(C[C@H]1COCc1ccoc1)[C@H]1Cc4ccc(C)c5c4[C@@]3(CCN1CC1CC1)[C@H]2O5. The second-order valence-corrected chi connectivity index (χ2v) is 12.5. The van der Waals surface area contributed by atoms with E-state index in [-0.39, 0.29) is 22.5 Å². The summed E-state index contributed by atoms with van der Waals surface area (Å²) in [5.74, 6) is 2.45. The summed E-state index contributed by atoms with van der Waals surface area (Å²) >= 11 is 0. The molecule has 7 aliphatic rings. The van der Waals surface area contributed by atoms with Crippen LogP contribution in [0.2, 0.25) is 0 Å². The van der Waals surface area contributed by atoms with Gasteiger partial charge in [-0.2, -0.15) is 0 Å². The van der Waals surface area contributed by atoms with E-state index in [0.717, 1.165) is 17.9 Å². The van der Waals surface area contributed by atoms with Crippen molar-refractivity contribution in [3.63, 3.8) is 0 Å². The summed E-state index contributed by atoms with van der Waals surface area (Å²) in [6.45, 7) is 6.04. The van der Waals surface area contributed by atoms with Gasteiger partial charge >= 0.3 is 0 Å². The third-order valence-corrected chi connectivity index (χ3v) is 11.2. The van der Waals surface area contributed by atoms with Crippen molar-refractivity contribution in [2.45, 2.75) is 81.6 Å². The first-order valence-electron chi connectivity index (χ1n) is 13.8. The third-order valence-electron chi connectivity index (χ3n) is 11.2. The lowest BCUT2D eigenvalue weighted by atomic mass is 9.35. The van der Waals surface area contributed by atoms with Crippen molar-refractivity contribution in [3.05, 3.63) is 53.0 Å². The summed E-state index contributed by atoms with van der Waals surface area (Å²) in [5.41, 5.74) is 5.56. The predicted molar refractivity (Wildman–Crippen MR) is 132 cm³/mol. The number of methoxy groups -OCH3 is 1. The zero-order valence-electron chi connectivity index (χ0n) is 21.1. The van der Waals surface area contributed by atoms with Crippen molar-refractivity contribution in [3.8, 4) is 5.75 Å². The fourth-order valence-electron chi connectivity index (χ4n) is 9.59. The maximum Gasteiger partial charge on any atom is 0.138 e. The van der Waals surface area contributed by atoms with Gasteiger partial charge in [-0.15, -0.1) is 0 Å². The van der Waals surface area contributed by atoms with Crippen LogP contribution in [0.25, 0.3) is 0 Å². The number of rotatable bonds is 7. The number of aryl methyl sites for hydroxylation is 1. The molecule has 5 nitrogen and oxygen atoms in total. The van der Waals surface area contributed by atoms with E-state index in [2.05, 4.69) is 24.0 Å². The number of likely N-dealkylation sites (tertiary alicyclic amines) is 1. The fraction of sp³-hybridized carbons (Fsp3) is 0.667. The van der Waals surface area contributed by atoms with Gasteiger partial charge in [0.2, 0.25) is 0 Å². The van der Waals surface area contributed by atoms with Crippen LogP contribution in [0, 0.1) is 24.2 Å². The van der Waals surface area contributed by atoms with E-state index in [0.29, 0.717) is 25.2 Å². The Hall–Kier alpha value is -1.82. The molecule has 1 unspecified atom stereocenters. The van der Waals surface area contributed by atoms with Gasteiger partial charge in [-0.3, -0.25) is 4.90 Å². The lowest BCUT2D eigenvalue weighted by Crippen LogP contribution is -2.81. The zero-order chi connectivity index (χ0) is 23.4. The topological polar surface area (TPSA) is 44.1 Å². The van der Waals surface area contributed by atoms with Gasteiger partial charge in [-0.1, -0.05) is 12.1 Å². The lowest BCUT2D eigenvalue weighted by molar-refractivity contribution is -0.283. The quantitative estimate of drug-likeness (QED) is 0.562. The van der Waals surface area contributed by atoms with E-state index in [1.54, 1.807) is 23.7 Å². The highest BCUT2D eigenvalue weighted by molar-refractivity contribution is 5.61. The third kappa shape index (κ3) is 2.55. The van der Waals surface area contributed by atoms with Gasteiger partial charge in [-0.25, -0.2) is 0 Å². The number of furan rings is 1. The second kappa shape index (κ2) is 7.14. The molecule has 4 saturated carbocycles. The summed E-state index contributed by atoms with van der Waals surface area (Å²) in [6, 6.07) is 7.33. The summed E-state index contributed by atoms with van der Waals surface area (Å²) in [5, 5.41) is 0. The first-order valence-corrected chi connectivity index (χ1v) is 13.8. The molecule has 0 N–H and O–H groups in total. The van der Waals surface area contributed by atoms with E-state index < -0.39 is 0 Å². The molecular weight excluding hydrogens is 438 g/mol. The molecule has 5 heteroatoms. The van der Waals surface area contributed by atoms with Gasteiger partial charge in [-0.05, 0) is 81.5 Å². The highest BCUT2D eigenvalue weighted by atomic mass is 16.6. The molecule has 1 saturated heterocycles. The van der Waals surface area contributed by atoms with Gasteiger partial charge in [0.15, 0.2) is 0 Å². The van der Waals surface area contributed by atoms with E-state index in [9.17, 15) is 0 Å². The van der Waals surface area contributed by atoms with Crippen LogP contribution in [0.1, 0.15) is 60.8 Å². The Kier molecular flexibility index (Phi) is 4.34. The minimum Gasteiger partial charge on any atom is -0.486 e. The highest BCUT2D eigenvalue weighted by Crippen LogP contribution is 2.76. The van der Waals surface area contributed by atoms with Crippen LogP contribution in [0.5, 0.6) is 5.75 Å². The average molecular weight is 476 g/mol. The molecule has 2 aliphatic heterocycles. The Bertz CT molecular complexity index is 1160. The maximum atomic E-state index is 7.13. The van der Waals surface area contributed by atoms with E-state index in [4.69, 9.17) is 18.6 Å². The Labute approximate surface area is 208 Å². The molecule has 0 amide bonds. The number of fused-ring (bicyclic) bond motifs is 2. The predicted octanol–water partition coefficient (Wildman–Crippen LogP) is 5.03. The fourth-order valence-corrected chi connectivity index (χ4v) is 9.59. The number of hydrogen-bond donors (Lipinski definition) is 0. The van der Waals surface area contributed by atoms with Gasteiger partial charge < -0.3 is 18.6 Å². The van der Waals surface area contributed by atoms with Crippen molar-refractivity contribution in [2.24, 2.45) is 17.3 Å². The Morgan fingerprint density at radius 2 is 2.06 bits per heavy atom. The number of piperidine rings is 1. The number of benzene rings is 1. The minimum atomic E-state index is -0.290. The summed E-state index contributed by atoms with van der Waals surface area (Å²) < 4.78 is 25.4. The highest BCUT2D eigenvalue weighted by Gasteiger charge is 2.80. The Balaban J connectivity index is 1.24. The van der Waals surface area contributed by atoms with E-state index >= 15 is 0 Å². The molecule has 1 aromatic heterocycles. The molecule has 0 radical (unpaired) electrons. The molecule has 5 fully saturated rings. The molecule has 4 bridgehead atoms. The van der Waals surface area contributed by atoms with Crippen molar-refractivity contribution in [1.29, 1.82) is 0 Å². The van der Waals surface area contributed by atoms with Gasteiger partial charge in [0, 0.05) is 47.6 Å². The minimum absolute atomic E-state index is 0.0853. The smallest absolute Gasteiger partial charge is 0.138 e. The molecule has 35 heavy (non-hydrogen) atoms. The molecular formula is C30H37NO4. The van der Waals surface area contributed by atoms with Crippen LogP contribution in [0.3, 0.4) is 0 Å². The summed E-state index contributed by atoms with van der Waals surface area (Å²) in [7, 11) is 1.93. The van der Waals surface area contributed by atoms with Crippen LogP contribution in [0.4, 0.5) is 0 Å². The van der Waals surface area contributed by atoms with Crippen molar-refractivity contribution < 1.29 is 18.6 Å². The van der Waals surface area contributed by atoms with E-state index in [1.807, 2.05) is 13.2 Å². The van der Waals surface area contributed by atoms with Gasteiger partial charge in [0.25, 0.3) is 0 Å². The van der Waals surface area contributed by atoms with E-state index in [1.165, 1.54) is 62.9 Å². The molecule has 6 atom stereocenters. The van der Waals surface area contributed by atoms with Crippen LogP contribution >= 0.6 is 0 Å². The maximum absolute atomic E-state index is 7.13. The molecule has 186 valence electrons. The summed E-state index contributed by atoms with van der Waals surface area (Å²) in [6.07, 6.45) is 12.3. The van der Waals surface area contributed by atoms with Crippen molar-refractivity contribution in [2.75, 3.05) is 26.8 Å². The normalized spacial score (nSPS) is 40.6. The van der Waals surface area contributed by atoms with Crippen molar-refractivity contribution >= 4 is 0 Å². The zero-order valence-corrected chi connectivity index (χ0v) is 21.1. The molecule has 2 aromatic rings. The Morgan fingerprint density at radius 1 is 1.14 bits per heavy atom. The number of nitrogens with zero attached hydrogens (tertiary/aromatic N) is 1. The van der Waals surface area contributed by atoms with Gasteiger partial charge in [0.05, 0.1) is 25.7 Å². The number of hydrogen-bond acceptors (Lipinski definition) is 5. The molecule has 2 spiro atoms. The summed E-state index contributed by atoms with van der Waals surface area (Å²) in [4.78, 5) is 2.91. The molecule has 9 rings (SSSR count). The van der Waals surface area contributed by atoms with Crippen LogP contribution < -0.4 is 4.74 Å². The first-order chi connectivity index (χ1) is 17.1. The molecule has 1 aromatic carbocycles. The molecule has 5 aliphatic carbocycles. The van der Waals surface area contributed by atoms with Gasteiger partial charge in [0.1, 0.15) is 17.5 Å². The van der Waals surface area contributed by atoms with Crippen LogP contribution in [-0.4, -0.2) is 49.5 Å². The largest absolute Gasteiger partial charge is 0.486 e. The van der Waals surface area contributed by atoms with Crippen molar-refractivity contribution in [1.82, 2.24) is 4.90 Å². The Morgan fingerprint density at radius 3 is 2.86 bits per heavy atom. The van der Waals surface area contributed by atoms with Crippen LogP contribution in [0.15, 0.2) is 35.1 Å². The standard InChI is InChI=1S/C30H37NO4/c1-19-3-6-22-13-24-28-8-9-30(32-2,23(14-28)18-34-17-21-7-12-33-16-21)27-29(28,25(22)26(19)35-27)10-11-31(24)15-20-4-5-20/h3,6-7,12,16,20,23-24,27H,4-5,8-11,13-15,17-18H2,1-2H3/t23-,24+,27+,28+,29-,30?/m0/s1. The monoisotopic (exact) mass is 475 g/mol. The number of ether oxygens (including phenoxy) is 3. The first kappa shape index (κ1) is 21.3.